The number of rotatable bonds is 4. The van der Waals surface area contributed by atoms with Gasteiger partial charge in [0.05, 0.1) is 11.3 Å². The first kappa shape index (κ1) is 17.6. The summed E-state index contributed by atoms with van der Waals surface area (Å²) < 4.78 is 0. The van der Waals surface area contributed by atoms with Gasteiger partial charge in [0.15, 0.2) is 5.11 Å². The molecular weight excluding hydrogens is 322 g/mol. The normalized spacial score (nSPS) is 9.92. The number of aryl methyl sites for hydroxylation is 1. The molecule has 0 aliphatic rings. The van der Waals surface area contributed by atoms with E-state index in [1.54, 1.807) is 36.4 Å². The van der Waals surface area contributed by atoms with Crippen molar-refractivity contribution in [3.05, 3.63) is 65.2 Å². The van der Waals surface area contributed by atoms with Gasteiger partial charge in [-0.1, -0.05) is 29.8 Å². The Balaban J connectivity index is 2.07. The Morgan fingerprint density at radius 3 is 2.50 bits per heavy atom. The van der Waals surface area contributed by atoms with Crippen LogP contribution in [0.5, 0.6) is 0 Å². The van der Waals surface area contributed by atoms with Gasteiger partial charge in [-0.25, -0.2) is 0 Å². The fraction of sp³-hybridized carbons (Fsp3) is 0.167. The minimum absolute atomic E-state index is 0.137. The van der Waals surface area contributed by atoms with E-state index in [2.05, 4.69) is 16.0 Å². The van der Waals surface area contributed by atoms with Crippen LogP contribution in [-0.4, -0.2) is 23.5 Å². The zero-order valence-corrected chi connectivity index (χ0v) is 14.4. The van der Waals surface area contributed by atoms with Gasteiger partial charge in [0.25, 0.3) is 11.8 Å². The van der Waals surface area contributed by atoms with Crippen LogP contribution in [0.15, 0.2) is 48.5 Å². The second kappa shape index (κ2) is 8.21. The lowest BCUT2D eigenvalue weighted by molar-refractivity contribution is 0.0954. The highest BCUT2D eigenvalue weighted by Crippen LogP contribution is 2.15. The van der Waals surface area contributed by atoms with Gasteiger partial charge in [0.1, 0.15) is 0 Å². The Labute approximate surface area is 146 Å². The van der Waals surface area contributed by atoms with Gasteiger partial charge < -0.3 is 10.6 Å². The van der Waals surface area contributed by atoms with Gasteiger partial charge in [-0.15, -0.1) is 0 Å². The van der Waals surface area contributed by atoms with Gasteiger partial charge in [0.2, 0.25) is 0 Å². The molecule has 6 heteroatoms. The lowest BCUT2D eigenvalue weighted by Gasteiger charge is -2.13. The first-order valence-corrected chi connectivity index (χ1v) is 7.98. The van der Waals surface area contributed by atoms with E-state index >= 15 is 0 Å². The van der Waals surface area contributed by atoms with Crippen LogP contribution in [0, 0.1) is 6.92 Å². The predicted molar refractivity (Wildman–Crippen MR) is 99.3 cm³/mol. The minimum Gasteiger partial charge on any atom is -0.352 e. The molecule has 0 aromatic heterocycles. The molecule has 0 saturated heterocycles. The number of para-hydroxylation sites is 1. The molecule has 2 rings (SSSR count). The summed E-state index contributed by atoms with van der Waals surface area (Å²) in [6, 6.07) is 14.2. The van der Waals surface area contributed by atoms with Gasteiger partial charge in [-0.3, -0.25) is 14.9 Å². The molecule has 124 valence electrons. The van der Waals surface area contributed by atoms with E-state index in [0.29, 0.717) is 23.4 Å². The third-order valence-corrected chi connectivity index (χ3v) is 3.47. The summed E-state index contributed by atoms with van der Waals surface area (Å²) in [5.74, 6) is -0.500. The van der Waals surface area contributed by atoms with Crippen molar-refractivity contribution >= 4 is 34.8 Å². The van der Waals surface area contributed by atoms with Crippen molar-refractivity contribution < 1.29 is 9.59 Å². The van der Waals surface area contributed by atoms with E-state index in [0.717, 1.165) is 5.56 Å². The average molecular weight is 341 g/mol. The lowest BCUT2D eigenvalue weighted by atomic mass is 10.1. The highest BCUT2D eigenvalue weighted by molar-refractivity contribution is 7.80. The first-order valence-electron chi connectivity index (χ1n) is 7.57. The molecule has 0 atom stereocenters. The summed E-state index contributed by atoms with van der Waals surface area (Å²) in [5.41, 5.74) is 2.52. The van der Waals surface area contributed by atoms with Crippen molar-refractivity contribution in [2.24, 2.45) is 0 Å². The molecule has 2 aromatic carbocycles. The summed E-state index contributed by atoms with van der Waals surface area (Å²) in [5, 5.41) is 8.40. The quantitative estimate of drug-likeness (QED) is 0.748. The summed E-state index contributed by atoms with van der Waals surface area (Å²) in [4.78, 5) is 24.2. The van der Waals surface area contributed by atoms with Crippen molar-refractivity contribution in [2.45, 2.75) is 13.8 Å². The monoisotopic (exact) mass is 341 g/mol. The summed E-state index contributed by atoms with van der Waals surface area (Å²) in [6.07, 6.45) is 0. The zero-order valence-electron chi connectivity index (χ0n) is 13.6. The molecule has 2 amide bonds. The number of amides is 2. The largest absolute Gasteiger partial charge is 0.352 e. The third kappa shape index (κ3) is 4.63. The van der Waals surface area contributed by atoms with Crippen LogP contribution in [0.1, 0.15) is 33.2 Å². The van der Waals surface area contributed by atoms with Crippen LogP contribution in [0.2, 0.25) is 0 Å². The van der Waals surface area contributed by atoms with E-state index in [9.17, 15) is 9.59 Å². The van der Waals surface area contributed by atoms with Crippen molar-refractivity contribution in [3.8, 4) is 0 Å². The number of benzene rings is 2. The Morgan fingerprint density at radius 2 is 1.79 bits per heavy atom. The highest BCUT2D eigenvalue weighted by Gasteiger charge is 2.13. The average Bonchev–Trinajstić information content (AvgIpc) is 2.55. The third-order valence-electron chi connectivity index (χ3n) is 3.26. The first-order chi connectivity index (χ1) is 11.5. The van der Waals surface area contributed by atoms with Crippen LogP contribution in [0.4, 0.5) is 5.69 Å². The lowest BCUT2D eigenvalue weighted by Crippen LogP contribution is -2.35. The van der Waals surface area contributed by atoms with Crippen LogP contribution >= 0.6 is 12.2 Å². The molecule has 0 aliphatic carbocycles. The van der Waals surface area contributed by atoms with Crippen LogP contribution in [0.25, 0.3) is 0 Å². The molecule has 0 heterocycles. The SMILES string of the molecule is CCNC(=O)c1ccccc1NC(=S)NC(=O)c1cccc(C)c1. The number of thiocarbonyl (C=S) groups is 1. The number of hydrogen-bond donors (Lipinski definition) is 3. The van der Waals surface area contributed by atoms with Gasteiger partial charge >= 0.3 is 0 Å². The highest BCUT2D eigenvalue weighted by atomic mass is 32.1. The Morgan fingerprint density at radius 1 is 1.04 bits per heavy atom. The number of nitrogens with one attached hydrogen (secondary N) is 3. The Kier molecular flexibility index (Phi) is 6.03. The molecule has 24 heavy (non-hydrogen) atoms. The topological polar surface area (TPSA) is 70.2 Å². The maximum Gasteiger partial charge on any atom is 0.257 e. The maximum absolute atomic E-state index is 12.2. The van der Waals surface area contributed by atoms with Crippen molar-refractivity contribution in [1.29, 1.82) is 0 Å². The molecule has 0 saturated carbocycles. The molecule has 0 unspecified atom stereocenters. The van der Waals surface area contributed by atoms with Crippen molar-refractivity contribution in [1.82, 2.24) is 10.6 Å². The van der Waals surface area contributed by atoms with Gasteiger partial charge in [0, 0.05) is 12.1 Å². The molecule has 0 spiro atoms. The number of hydrogen-bond acceptors (Lipinski definition) is 3. The van der Waals surface area contributed by atoms with Gasteiger partial charge in [-0.2, -0.15) is 0 Å². The molecule has 2 aromatic rings. The summed E-state index contributed by atoms with van der Waals surface area (Å²) >= 11 is 5.18. The minimum atomic E-state index is -0.299. The summed E-state index contributed by atoms with van der Waals surface area (Å²) in [6.45, 7) is 4.29. The molecular formula is C18H19N3O2S. The smallest absolute Gasteiger partial charge is 0.257 e. The predicted octanol–water partition coefficient (Wildman–Crippen LogP) is 2.87. The van der Waals surface area contributed by atoms with Crippen molar-refractivity contribution in [3.63, 3.8) is 0 Å². The van der Waals surface area contributed by atoms with Crippen LogP contribution in [0.3, 0.4) is 0 Å². The Hall–Kier alpha value is -2.73. The number of carbonyl (C=O) groups is 2. The van der Waals surface area contributed by atoms with E-state index in [1.807, 2.05) is 26.0 Å². The van der Waals surface area contributed by atoms with Crippen molar-refractivity contribution in [2.75, 3.05) is 11.9 Å². The number of carbonyl (C=O) groups excluding carboxylic acids is 2. The zero-order chi connectivity index (χ0) is 17.5. The Bertz CT molecular complexity index is 774. The van der Waals surface area contributed by atoms with Crippen LogP contribution in [-0.2, 0) is 0 Å². The van der Waals surface area contributed by atoms with Gasteiger partial charge in [-0.05, 0) is 50.3 Å². The molecule has 0 radical (unpaired) electrons. The number of anilines is 1. The molecule has 0 bridgehead atoms. The summed E-state index contributed by atoms with van der Waals surface area (Å²) in [7, 11) is 0. The van der Waals surface area contributed by atoms with E-state index in [1.165, 1.54) is 0 Å². The molecule has 3 N–H and O–H groups in total. The van der Waals surface area contributed by atoms with E-state index < -0.39 is 0 Å². The molecule has 0 fully saturated rings. The standard InChI is InChI=1S/C18H19N3O2S/c1-3-19-17(23)14-9-4-5-10-15(14)20-18(24)21-16(22)13-8-6-7-12(2)11-13/h4-11H,3H2,1-2H3,(H,19,23)(H2,20,21,22,24). The fourth-order valence-corrected chi connectivity index (χ4v) is 2.36. The molecule has 0 aliphatic heterocycles. The van der Waals surface area contributed by atoms with E-state index in [4.69, 9.17) is 12.2 Å². The fourth-order valence-electron chi connectivity index (χ4n) is 2.16. The maximum atomic E-state index is 12.2. The molecule has 5 nitrogen and oxygen atoms in total. The van der Waals surface area contributed by atoms with E-state index in [-0.39, 0.29) is 16.9 Å². The second-order valence-corrected chi connectivity index (χ2v) is 5.59. The van der Waals surface area contributed by atoms with Crippen LogP contribution < -0.4 is 16.0 Å². The second-order valence-electron chi connectivity index (χ2n) is 5.18.